The van der Waals surface area contributed by atoms with E-state index in [1.165, 1.54) is 31.6 Å². The van der Waals surface area contributed by atoms with Crippen LogP contribution in [0.15, 0.2) is 36.7 Å². The van der Waals surface area contributed by atoms with Crippen LogP contribution in [0, 0.1) is 18.2 Å². The highest BCUT2D eigenvalue weighted by Crippen LogP contribution is 2.36. The molecule has 0 amide bonds. The zero-order valence-corrected chi connectivity index (χ0v) is 15.2. The average Bonchev–Trinajstić information content (AvgIpc) is 2.72. The molecule has 0 spiro atoms. The van der Waals surface area contributed by atoms with Crippen LogP contribution in [0.2, 0.25) is 0 Å². The van der Waals surface area contributed by atoms with Gasteiger partial charge in [-0.1, -0.05) is 12.0 Å². The maximum Gasteiger partial charge on any atom is 0.345 e. The van der Waals surface area contributed by atoms with E-state index in [4.69, 9.17) is 20.6 Å². The summed E-state index contributed by atoms with van der Waals surface area (Å²) < 4.78 is 59.0. The molecule has 0 aliphatic heterocycles. The number of hydrogen-bond donors (Lipinski definition) is 0. The van der Waals surface area contributed by atoms with Gasteiger partial charge in [0.2, 0.25) is 5.88 Å². The van der Waals surface area contributed by atoms with E-state index >= 15 is 0 Å². The Balaban J connectivity index is 1.94. The number of aromatic nitrogens is 2. The summed E-state index contributed by atoms with van der Waals surface area (Å²) in [6, 6.07) is 7.47. The maximum absolute atomic E-state index is 14.4. The van der Waals surface area contributed by atoms with Gasteiger partial charge in [0.25, 0.3) is 0 Å². The standard InChI is InChI=1S/C20H15F3N2O4/c1-3-12-5-4-6-15(18(12)21)29-19-13-9-17(27-7-8-28-20(22)23)16(26-2)10-14(13)24-11-25-19/h1,4-6,9-11,20H,7-8H2,2H3. The molecule has 0 saturated carbocycles. The Morgan fingerprint density at radius 2 is 1.93 bits per heavy atom. The summed E-state index contributed by atoms with van der Waals surface area (Å²) >= 11 is 0. The van der Waals surface area contributed by atoms with Crippen LogP contribution in [-0.2, 0) is 4.74 Å². The van der Waals surface area contributed by atoms with Crippen LogP contribution in [-0.4, -0.2) is 36.9 Å². The molecule has 1 aromatic heterocycles. The van der Waals surface area contributed by atoms with E-state index in [1.807, 2.05) is 0 Å². The molecule has 0 radical (unpaired) electrons. The first-order chi connectivity index (χ1) is 14.0. The lowest BCUT2D eigenvalue weighted by Gasteiger charge is -2.13. The van der Waals surface area contributed by atoms with Gasteiger partial charge in [0, 0.05) is 6.07 Å². The minimum absolute atomic E-state index is 0.0468. The first-order valence-electron chi connectivity index (χ1n) is 8.31. The van der Waals surface area contributed by atoms with Crippen LogP contribution in [0.25, 0.3) is 10.9 Å². The summed E-state index contributed by atoms with van der Waals surface area (Å²) in [6.07, 6.45) is 6.52. The third kappa shape index (κ3) is 4.67. The highest BCUT2D eigenvalue weighted by atomic mass is 19.3. The van der Waals surface area contributed by atoms with Crippen molar-refractivity contribution in [3.8, 4) is 35.5 Å². The lowest BCUT2D eigenvalue weighted by molar-refractivity contribution is -0.133. The van der Waals surface area contributed by atoms with Crippen molar-refractivity contribution in [1.29, 1.82) is 0 Å². The largest absolute Gasteiger partial charge is 0.493 e. The highest BCUT2D eigenvalue weighted by molar-refractivity contribution is 5.87. The van der Waals surface area contributed by atoms with Gasteiger partial charge in [-0.05, 0) is 18.2 Å². The number of terminal acetylenes is 1. The van der Waals surface area contributed by atoms with E-state index in [0.717, 1.165) is 0 Å². The van der Waals surface area contributed by atoms with E-state index in [2.05, 4.69) is 20.6 Å². The quantitative estimate of drug-likeness (QED) is 0.415. The molecule has 0 fully saturated rings. The van der Waals surface area contributed by atoms with Crippen molar-refractivity contribution in [2.45, 2.75) is 6.61 Å². The Labute approximate surface area is 164 Å². The fourth-order valence-corrected chi connectivity index (χ4v) is 2.49. The molecule has 0 N–H and O–H groups in total. The van der Waals surface area contributed by atoms with Gasteiger partial charge in [0.15, 0.2) is 23.1 Å². The van der Waals surface area contributed by atoms with Gasteiger partial charge in [-0.15, -0.1) is 6.42 Å². The van der Waals surface area contributed by atoms with Crippen molar-refractivity contribution >= 4 is 10.9 Å². The summed E-state index contributed by atoms with van der Waals surface area (Å²) in [5.41, 5.74) is 0.488. The monoisotopic (exact) mass is 404 g/mol. The molecule has 2 aromatic carbocycles. The fraction of sp³-hybridized carbons (Fsp3) is 0.200. The number of methoxy groups -OCH3 is 1. The second-order valence-electron chi connectivity index (χ2n) is 5.54. The molecule has 0 saturated heterocycles. The molecule has 0 atom stereocenters. The summed E-state index contributed by atoms with van der Waals surface area (Å²) in [4.78, 5) is 8.18. The number of rotatable bonds is 8. The predicted molar refractivity (Wildman–Crippen MR) is 98.0 cm³/mol. The van der Waals surface area contributed by atoms with Crippen LogP contribution in [0.3, 0.4) is 0 Å². The van der Waals surface area contributed by atoms with E-state index in [-0.39, 0.29) is 36.2 Å². The summed E-state index contributed by atoms with van der Waals surface area (Å²) in [5, 5.41) is 0.392. The van der Waals surface area contributed by atoms with Crippen LogP contribution in [0.5, 0.6) is 23.1 Å². The Morgan fingerprint density at radius 3 is 2.66 bits per heavy atom. The molecule has 3 rings (SSSR count). The first-order valence-corrected chi connectivity index (χ1v) is 8.31. The predicted octanol–water partition coefficient (Wildman–Crippen LogP) is 4.17. The van der Waals surface area contributed by atoms with E-state index in [0.29, 0.717) is 16.7 Å². The maximum atomic E-state index is 14.4. The molecule has 150 valence electrons. The third-order valence-electron chi connectivity index (χ3n) is 3.79. The lowest BCUT2D eigenvalue weighted by atomic mass is 10.2. The molecule has 0 bridgehead atoms. The zero-order chi connectivity index (χ0) is 20.8. The number of fused-ring (bicyclic) bond motifs is 1. The number of nitrogens with zero attached hydrogens (tertiary/aromatic N) is 2. The van der Waals surface area contributed by atoms with Gasteiger partial charge in [-0.3, -0.25) is 0 Å². The highest BCUT2D eigenvalue weighted by Gasteiger charge is 2.15. The normalized spacial score (nSPS) is 10.8. The summed E-state index contributed by atoms with van der Waals surface area (Å²) in [6.45, 7) is -3.36. The van der Waals surface area contributed by atoms with Crippen molar-refractivity contribution in [2.24, 2.45) is 0 Å². The zero-order valence-electron chi connectivity index (χ0n) is 15.2. The van der Waals surface area contributed by atoms with E-state index < -0.39 is 12.4 Å². The van der Waals surface area contributed by atoms with Gasteiger partial charge in [-0.25, -0.2) is 14.4 Å². The average molecular weight is 404 g/mol. The molecule has 9 heteroatoms. The molecule has 29 heavy (non-hydrogen) atoms. The molecular formula is C20H15F3N2O4. The molecule has 3 aromatic rings. The van der Waals surface area contributed by atoms with Gasteiger partial charge in [0.05, 0.1) is 30.2 Å². The number of ether oxygens (including phenoxy) is 4. The number of hydrogen-bond acceptors (Lipinski definition) is 6. The SMILES string of the molecule is C#Cc1cccc(Oc2ncnc3cc(OC)c(OCCOC(F)F)cc23)c1F. The van der Waals surface area contributed by atoms with Crippen molar-refractivity contribution in [3.63, 3.8) is 0 Å². The van der Waals surface area contributed by atoms with E-state index in [1.54, 1.807) is 12.1 Å². The van der Waals surface area contributed by atoms with Crippen LogP contribution in [0.1, 0.15) is 5.56 Å². The second kappa shape index (κ2) is 9.12. The van der Waals surface area contributed by atoms with Crippen LogP contribution in [0.4, 0.5) is 13.2 Å². The third-order valence-corrected chi connectivity index (χ3v) is 3.79. The smallest absolute Gasteiger partial charge is 0.345 e. The van der Waals surface area contributed by atoms with Gasteiger partial charge in [-0.2, -0.15) is 8.78 Å². The molecule has 0 aliphatic carbocycles. The fourth-order valence-electron chi connectivity index (χ4n) is 2.49. The summed E-state index contributed by atoms with van der Waals surface area (Å²) in [7, 11) is 1.42. The molecule has 1 heterocycles. The number of benzene rings is 2. The van der Waals surface area contributed by atoms with Crippen molar-refractivity contribution in [1.82, 2.24) is 9.97 Å². The van der Waals surface area contributed by atoms with Gasteiger partial charge in [0.1, 0.15) is 12.9 Å². The number of alkyl halides is 2. The molecular weight excluding hydrogens is 389 g/mol. The van der Waals surface area contributed by atoms with Crippen molar-refractivity contribution in [2.75, 3.05) is 20.3 Å². The first kappa shape index (κ1) is 20.2. The van der Waals surface area contributed by atoms with Gasteiger partial charge < -0.3 is 18.9 Å². The Bertz CT molecular complexity index is 1050. The van der Waals surface area contributed by atoms with Gasteiger partial charge >= 0.3 is 6.61 Å². The van der Waals surface area contributed by atoms with Crippen molar-refractivity contribution < 1.29 is 32.1 Å². The topological polar surface area (TPSA) is 62.7 Å². The summed E-state index contributed by atoms with van der Waals surface area (Å²) in [5.74, 6) is 2.03. The molecule has 0 unspecified atom stereocenters. The number of halogens is 3. The van der Waals surface area contributed by atoms with Crippen LogP contribution < -0.4 is 14.2 Å². The Kier molecular flexibility index (Phi) is 6.36. The lowest BCUT2D eigenvalue weighted by Crippen LogP contribution is -2.10. The minimum atomic E-state index is -2.89. The minimum Gasteiger partial charge on any atom is -0.493 e. The van der Waals surface area contributed by atoms with Crippen LogP contribution >= 0.6 is 0 Å². The van der Waals surface area contributed by atoms with E-state index in [9.17, 15) is 13.2 Å². The van der Waals surface area contributed by atoms with Crippen molar-refractivity contribution in [3.05, 3.63) is 48.0 Å². The Morgan fingerprint density at radius 1 is 1.10 bits per heavy atom. The molecule has 6 nitrogen and oxygen atoms in total. The second-order valence-corrected chi connectivity index (χ2v) is 5.54. The Hall–Kier alpha value is -3.51. The molecule has 0 aliphatic rings.